The lowest BCUT2D eigenvalue weighted by Crippen LogP contribution is -2.09. The highest BCUT2D eigenvalue weighted by Crippen LogP contribution is 2.44. The lowest BCUT2D eigenvalue weighted by Gasteiger charge is -2.20. The molecule has 2 heteroatoms. The van der Waals surface area contributed by atoms with Crippen molar-refractivity contribution in [3.8, 4) is 0 Å². The molecule has 0 bridgehead atoms. The van der Waals surface area contributed by atoms with Crippen LogP contribution in [0.25, 0.3) is 16.5 Å². The van der Waals surface area contributed by atoms with E-state index in [4.69, 9.17) is 16.0 Å². The van der Waals surface area contributed by atoms with Crippen molar-refractivity contribution in [3.63, 3.8) is 0 Å². The summed E-state index contributed by atoms with van der Waals surface area (Å²) in [5.41, 5.74) is 5.08. The number of hydrogen-bond donors (Lipinski definition) is 0. The number of hydrogen-bond acceptors (Lipinski definition) is 1. The van der Waals surface area contributed by atoms with Crippen LogP contribution >= 0.6 is 11.6 Å². The van der Waals surface area contributed by atoms with Crippen LogP contribution in [0.3, 0.4) is 0 Å². The van der Waals surface area contributed by atoms with Crippen molar-refractivity contribution < 1.29 is 4.42 Å². The second-order valence-corrected chi connectivity index (χ2v) is 5.64. The van der Waals surface area contributed by atoms with E-state index in [1.165, 1.54) is 22.1 Å². The topological polar surface area (TPSA) is 13.1 Å². The summed E-state index contributed by atoms with van der Waals surface area (Å²) in [5.74, 6) is 1.67. The van der Waals surface area contributed by atoms with E-state index in [1.807, 2.05) is 12.1 Å². The molecular formula is C16H13ClO. The van der Waals surface area contributed by atoms with Crippen LogP contribution in [0.4, 0.5) is 0 Å². The molecular weight excluding hydrogens is 244 g/mol. The zero-order valence-electron chi connectivity index (χ0n) is 10.2. The Morgan fingerprint density at radius 3 is 3.11 bits per heavy atom. The molecule has 0 spiro atoms. The minimum Gasteiger partial charge on any atom is -0.456 e. The maximum atomic E-state index is 6.04. The van der Waals surface area contributed by atoms with E-state index in [9.17, 15) is 0 Å². The molecule has 0 fully saturated rings. The summed E-state index contributed by atoms with van der Waals surface area (Å²) in [6, 6.07) is 5.94. The maximum absolute atomic E-state index is 6.04. The summed E-state index contributed by atoms with van der Waals surface area (Å²) in [4.78, 5) is 0. The Labute approximate surface area is 111 Å². The second kappa shape index (κ2) is 3.52. The second-order valence-electron chi connectivity index (χ2n) is 5.20. The Bertz CT molecular complexity index is 718. The molecule has 0 saturated heterocycles. The van der Waals surface area contributed by atoms with Crippen molar-refractivity contribution in [2.75, 3.05) is 0 Å². The molecule has 2 aliphatic carbocycles. The standard InChI is InChI=1S/C16H13ClO/c1-9-7-14-12-6-5-10(17)8-15(12)18-16(14)13-4-2-3-11(9)13/h2,4-6,8-9H,3,7H2,1H3/t9-/m1/s1. The van der Waals surface area contributed by atoms with Gasteiger partial charge in [0.2, 0.25) is 0 Å². The zero-order chi connectivity index (χ0) is 12.3. The van der Waals surface area contributed by atoms with Gasteiger partial charge in [0.25, 0.3) is 0 Å². The van der Waals surface area contributed by atoms with E-state index in [0.29, 0.717) is 5.92 Å². The average molecular weight is 257 g/mol. The summed E-state index contributed by atoms with van der Waals surface area (Å²) >= 11 is 6.04. The summed E-state index contributed by atoms with van der Waals surface area (Å²) in [7, 11) is 0. The molecule has 1 aromatic carbocycles. The van der Waals surface area contributed by atoms with Crippen molar-refractivity contribution in [1.29, 1.82) is 0 Å². The third kappa shape index (κ3) is 1.28. The zero-order valence-corrected chi connectivity index (χ0v) is 10.9. The van der Waals surface area contributed by atoms with E-state index >= 15 is 0 Å². The van der Waals surface area contributed by atoms with Crippen molar-refractivity contribution >= 4 is 28.1 Å². The summed E-state index contributed by atoms with van der Waals surface area (Å²) < 4.78 is 6.04. The number of allylic oxidation sites excluding steroid dienone is 4. The fourth-order valence-electron chi connectivity index (χ4n) is 3.18. The van der Waals surface area contributed by atoms with Gasteiger partial charge in [0, 0.05) is 27.6 Å². The molecule has 1 heterocycles. The maximum Gasteiger partial charge on any atom is 0.138 e. The Kier molecular flexibility index (Phi) is 2.04. The molecule has 2 aromatic rings. The van der Waals surface area contributed by atoms with Gasteiger partial charge < -0.3 is 4.42 Å². The molecule has 0 amide bonds. The van der Waals surface area contributed by atoms with E-state index in [0.717, 1.165) is 29.2 Å². The highest BCUT2D eigenvalue weighted by atomic mass is 35.5. The van der Waals surface area contributed by atoms with Gasteiger partial charge in [-0.2, -0.15) is 0 Å². The predicted molar refractivity (Wildman–Crippen MR) is 74.8 cm³/mol. The number of halogens is 1. The molecule has 1 nitrogen and oxygen atoms in total. The number of furan rings is 1. The van der Waals surface area contributed by atoms with E-state index in [-0.39, 0.29) is 0 Å². The van der Waals surface area contributed by atoms with Gasteiger partial charge >= 0.3 is 0 Å². The first kappa shape index (κ1) is 10.5. The van der Waals surface area contributed by atoms with Crippen molar-refractivity contribution in [1.82, 2.24) is 0 Å². The number of rotatable bonds is 0. The normalized spacial score (nSPS) is 21.6. The van der Waals surface area contributed by atoms with Crippen molar-refractivity contribution in [2.24, 2.45) is 5.92 Å². The van der Waals surface area contributed by atoms with Crippen molar-refractivity contribution in [3.05, 3.63) is 52.3 Å². The molecule has 2 aliphatic rings. The van der Waals surface area contributed by atoms with Crippen LogP contribution in [0.5, 0.6) is 0 Å². The lowest BCUT2D eigenvalue weighted by molar-refractivity contribution is 0.570. The molecule has 4 rings (SSSR count). The quantitative estimate of drug-likeness (QED) is 0.647. The fourth-order valence-corrected chi connectivity index (χ4v) is 3.34. The highest BCUT2D eigenvalue weighted by Gasteiger charge is 2.29. The first-order valence-corrected chi connectivity index (χ1v) is 6.72. The van der Waals surface area contributed by atoms with Gasteiger partial charge in [0.15, 0.2) is 0 Å². The SMILES string of the molecule is C[C@@H]1Cc2c(oc3cc(Cl)ccc23)C2=C1CC=C2. The smallest absolute Gasteiger partial charge is 0.138 e. The Balaban J connectivity index is 2.05. The van der Waals surface area contributed by atoms with Crippen LogP contribution in [-0.4, -0.2) is 0 Å². The minimum absolute atomic E-state index is 0.610. The predicted octanol–water partition coefficient (Wildman–Crippen LogP) is 4.99. The number of benzene rings is 1. The molecule has 0 radical (unpaired) electrons. The molecule has 1 aromatic heterocycles. The lowest BCUT2D eigenvalue weighted by atomic mass is 9.83. The molecule has 0 N–H and O–H groups in total. The van der Waals surface area contributed by atoms with E-state index in [2.05, 4.69) is 25.1 Å². The van der Waals surface area contributed by atoms with Gasteiger partial charge in [-0.25, -0.2) is 0 Å². The molecule has 0 saturated carbocycles. The van der Waals surface area contributed by atoms with Crippen molar-refractivity contribution in [2.45, 2.75) is 19.8 Å². The molecule has 18 heavy (non-hydrogen) atoms. The molecule has 0 aliphatic heterocycles. The largest absolute Gasteiger partial charge is 0.456 e. The molecule has 1 atom stereocenters. The highest BCUT2D eigenvalue weighted by molar-refractivity contribution is 6.31. The molecule has 90 valence electrons. The summed E-state index contributed by atoms with van der Waals surface area (Å²) in [6.45, 7) is 2.31. The van der Waals surface area contributed by atoms with E-state index < -0.39 is 0 Å². The third-order valence-corrected chi connectivity index (χ3v) is 4.31. The summed E-state index contributed by atoms with van der Waals surface area (Å²) in [5, 5.41) is 1.95. The van der Waals surface area contributed by atoms with Gasteiger partial charge in [0.05, 0.1) is 0 Å². The third-order valence-electron chi connectivity index (χ3n) is 4.07. The number of fused-ring (bicyclic) bond motifs is 4. The van der Waals surface area contributed by atoms with E-state index in [1.54, 1.807) is 0 Å². The van der Waals surface area contributed by atoms with Gasteiger partial charge in [-0.1, -0.05) is 36.2 Å². The van der Waals surface area contributed by atoms with Crippen LogP contribution < -0.4 is 0 Å². The Hall–Kier alpha value is -1.47. The summed E-state index contributed by atoms with van der Waals surface area (Å²) in [6.07, 6.45) is 6.59. The average Bonchev–Trinajstić information content (AvgIpc) is 2.93. The fraction of sp³-hybridized carbons (Fsp3) is 0.250. The van der Waals surface area contributed by atoms with Crippen LogP contribution in [0, 0.1) is 5.92 Å². The van der Waals surface area contributed by atoms with Crippen LogP contribution in [0.15, 0.2) is 40.3 Å². The molecule has 0 unspecified atom stereocenters. The van der Waals surface area contributed by atoms with Crippen LogP contribution in [0.1, 0.15) is 24.7 Å². The van der Waals surface area contributed by atoms with Gasteiger partial charge in [-0.15, -0.1) is 0 Å². The first-order valence-electron chi connectivity index (χ1n) is 6.35. The van der Waals surface area contributed by atoms with Gasteiger partial charge in [0.1, 0.15) is 11.3 Å². The monoisotopic (exact) mass is 256 g/mol. The Morgan fingerprint density at radius 2 is 2.22 bits per heavy atom. The minimum atomic E-state index is 0.610. The van der Waals surface area contributed by atoms with Crippen LogP contribution in [0.2, 0.25) is 5.02 Å². The van der Waals surface area contributed by atoms with Gasteiger partial charge in [-0.05, 0) is 30.9 Å². The van der Waals surface area contributed by atoms with Crippen LogP contribution in [-0.2, 0) is 6.42 Å². The van der Waals surface area contributed by atoms with Gasteiger partial charge in [-0.3, -0.25) is 0 Å². The first-order chi connectivity index (χ1) is 8.74. The Morgan fingerprint density at radius 1 is 1.33 bits per heavy atom.